The molecule has 0 radical (unpaired) electrons. The SMILES string of the molecule is COc1ccc(NC(=O)NCC(c2ccsc2)N2CCCC2)cc1OC. The predicted octanol–water partition coefficient (Wildman–Crippen LogP) is 3.72. The fourth-order valence-electron chi connectivity index (χ4n) is 3.25. The van der Waals surface area contributed by atoms with Gasteiger partial charge < -0.3 is 20.1 Å². The summed E-state index contributed by atoms with van der Waals surface area (Å²) < 4.78 is 10.5. The number of amides is 2. The number of nitrogens with zero attached hydrogens (tertiary/aromatic N) is 1. The summed E-state index contributed by atoms with van der Waals surface area (Å²) in [4.78, 5) is 14.8. The molecular formula is C19H25N3O3S. The minimum Gasteiger partial charge on any atom is -0.493 e. The molecule has 6 nitrogen and oxygen atoms in total. The second kappa shape index (κ2) is 8.91. The Bertz CT molecular complexity index is 715. The Hall–Kier alpha value is -2.25. The Kier molecular flexibility index (Phi) is 6.35. The smallest absolute Gasteiger partial charge is 0.319 e. The van der Waals surface area contributed by atoms with Gasteiger partial charge in [0.05, 0.1) is 20.3 Å². The topological polar surface area (TPSA) is 62.8 Å². The minimum atomic E-state index is -0.225. The zero-order valence-electron chi connectivity index (χ0n) is 15.2. The van der Waals surface area contributed by atoms with Crippen LogP contribution in [-0.2, 0) is 0 Å². The molecule has 0 bridgehead atoms. The molecule has 2 amide bonds. The number of carbonyl (C=O) groups is 1. The van der Waals surface area contributed by atoms with Crippen molar-refractivity contribution in [3.05, 3.63) is 40.6 Å². The Morgan fingerprint density at radius 3 is 2.62 bits per heavy atom. The van der Waals surface area contributed by atoms with E-state index in [-0.39, 0.29) is 12.1 Å². The number of hydrogen-bond acceptors (Lipinski definition) is 5. The first-order valence-electron chi connectivity index (χ1n) is 8.74. The van der Waals surface area contributed by atoms with Gasteiger partial charge in [0.2, 0.25) is 0 Å². The Morgan fingerprint density at radius 2 is 1.96 bits per heavy atom. The fraction of sp³-hybridized carbons (Fsp3) is 0.421. The van der Waals surface area contributed by atoms with Crippen LogP contribution in [0.4, 0.5) is 10.5 Å². The maximum atomic E-state index is 12.3. The lowest BCUT2D eigenvalue weighted by molar-refractivity contribution is 0.228. The van der Waals surface area contributed by atoms with Crippen molar-refractivity contribution in [2.75, 3.05) is 39.2 Å². The molecule has 1 aromatic heterocycles. The van der Waals surface area contributed by atoms with Crippen molar-refractivity contribution in [3.8, 4) is 11.5 Å². The summed E-state index contributed by atoms with van der Waals surface area (Å²) in [6, 6.07) is 7.44. The molecular weight excluding hydrogens is 350 g/mol. The largest absolute Gasteiger partial charge is 0.493 e. The molecule has 3 rings (SSSR count). The van der Waals surface area contributed by atoms with E-state index in [2.05, 4.69) is 32.4 Å². The lowest BCUT2D eigenvalue weighted by Gasteiger charge is -2.27. The number of methoxy groups -OCH3 is 2. The number of carbonyl (C=O) groups excluding carboxylic acids is 1. The number of urea groups is 1. The van der Waals surface area contributed by atoms with Gasteiger partial charge in [-0.05, 0) is 60.5 Å². The summed E-state index contributed by atoms with van der Waals surface area (Å²) in [5.41, 5.74) is 1.93. The molecule has 140 valence electrons. The van der Waals surface area contributed by atoms with Crippen LogP contribution in [0.1, 0.15) is 24.4 Å². The van der Waals surface area contributed by atoms with Gasteiger partial charge in [0.15, 0.2) is 11.5 Å². The molecule has 0 spiro atoms. The molecule has 1 aliphatic rings. The van der Waals surface area contributed by atoms with E-state index in [1.54, 1.807) is 43.8 Å². The predicted molar refractivity (Wildman–Crippen MR) is 104 cm³/mol. The van der Waals surface area contributed by atoms with Crippen molar-refractivity contribution in [3.63, 3.8) is 0 Å². The third kappa shape index (κ3) is 4.47. The van der Waals surface area contributed by atoms with Crippen molar-refractivity contribution in [1.82, 2.24) is 10.2 Å². The Morgan fingerprint density at radius 1 is 1.19 bits per heavy atom. The van der Waals surface area contributed by atoms with Gasteiger partial charge in [0.1, 0.15) is 0 Å². The van der Waals surface area contributed by atoms with E-state index in [1.165, 1.54) is 18.4 Å². The van der Waals surface area contributed by atoms with Crippen LogP contribution in [0.15, 0.2) is 35.0 Å². The summed E-state index contributed by atoms with van der Waals surface area (Å²) in [6.07, 6.45) is 2.44. The van der Waals surface area contributed by atoms with Crippen LogP contribution < -0.4 is 20.1 Å². The highest BCUT2D eigenvalue weighted by Gasteiger charge is 2.24. The Labute approximate surface area is 158 Å². The molecule has 2 N–H and O–H groups in total. The molecule has 26 heavy (non-hydrogen) atoms. The maximum Gasteiger partial charge on any atom is 0.319 e. The van der Waals surface area contributed by atoms with Crippen LogP contribution in [0.25, 0.3) is 0 Å². The first-order valence-corrected chi connectivity index (χ1v) is 9.68. The molecule has 1 saturated heterocycles. The number of rotatable bonds is 7. The first-order chi connectivity index (χ1) is 12.7. The fourth-order valence-corrected chi connectivity index (χ4v) is 3.96. The summed E-state index contributed by atoms with van der Waals surface area (Å²) in [6.45, 7) is 2.74. The van der Waals surface area contributed by atoms with Gasteiger partial charge in [-0.3, -0.25) is 4.90 Å². The van der Waals surface area contributed by atoms with Gasteiger partial charge in [-0.15, -0.1) is 0 Å². The molecule has 1 aliphatic heterocycles. The van der Waals surface area contributed by atoms with E-state index >= 15 is 0 Å². The first kappa shape index (κ1) is 18.5. The quantitative estimate of drug-likeness (QED) is 0.774. The van der Waals surface area contributed by atoms with E-state index in [4.69, 9.17) is 9.47 Å². The number of nitrogens with one attached hydrogen (secondary N) is 2. The Balaban J connectivity index is 1.60. The third-order valence-corrected chi connectivity index (χ3v) is 5.31. The molecule has 2 aromatic rings. The van der Waals surface area contributed by atoms with Gasteiger partial charge in [-0.25, -0.2) is 4.79 Å². The van der Waals surface area contributed by atoms with Crippen molar-refractivity contribution in [1.29, 1.82) is 0 Å². The monoisotopic (exact) mass is 375 g/mol. The average molecular weight is 375 g/mol. The summed E-state index contributed by atoms with van der Waals surface area (Å²) in [5.74, 6) is 1.21. The van der Waals surface area contributed by atoms with Gasteiger partial charge in [0, 0.05) is 18.3 Å². The standard InChI is InChI=1S/C19H25N3O3S/c1-24-17-6-5-15(11-18(17)25-2)21-19(23)20-12-16(14-7-10-26-13-14)22-8-3-4-9-22/h5-7,10-11,13,16H,3-4,8-9,12H2,1-2H3,(H2,20,21,23). The number of benzene rings is 1. The van der Waals surface area contributed by atoms with Crippen molar-refractivity contribution in [2.45, 2.75) is 18.9 Å². The molecule has 1 atom stereocenters. The zero-order chi connectivity index (χ0) is 18.4. The number of thiophene rings is 1. The normalized spacial score (nSPS) is 15.5. The van der Waals surface area contributed by atoms with Gasteiger partial charge in [-0.2, -0.15) is 11.3 Å². The molecule has 0 aliphatic carbocycles. The number of anilines is 1. The molecule has 2 heterocycles. The molecule has 0 saturated carbocycles. The van der Waals surface area contributed by atoms with E-state index in [0.717, 1.165) is 13.1 Å². The summed E-state index contributed by atoms with van der Waals surface area (Å²) in [7, 11) is 3.16. The van der Waals surface area contributed by atoms with E-state index < -0.39 is 0 Å². The number of ether oxygens (including phenoxy) is 2. The van der Waals surface area contributed by atoms with Crippen LogP contribution in [-0.4, -0.2) is 44.8 Å². The van der Waals surface area contributed by atoms with Crippen molar-refractivity contribution < 1.29 is 14.3 Å². The highest BCUT2D eigenvalue weighted by atomic mass is 32.1. The lowest BCUT2D eigenvalue weighted by Crippen LogP contribution is -2.38. The van der Waals surface area contributed by atoms with Crippen LogP contribution >= 0.6 is 11.3 Å². The maximum absolute atomic E-state index is 12.3. The molecule has 1 aromatic carbocycles. The average Bonchev–Trinajstić information content (AvgIpc) is 3.36. The number of hydrogen-bond donors (Lipinski definition) is 2. The summed E-state index contributed by atoms with van der Waals surface area (Å²) >= 11 is 1.69. The van der Waals surface area contributed by atoms with Crippen LogP contribution in [0, 0.1) is 0 Å². The zero-order valence-corrected chi connectivity index (χ0v) is 16.0. The van der Waals surface area contributed by atoms with Crippen molar-refractivity contribution >= 4 is 23.1 Å². The highest BCUT2D eigenvalue weighted by molar-refractivity contribution is 7.07. The molecule has 1 unspecified atom stereocenters. The van der Waals surface area contributed by atoms with E-state index in [9.17, 15) is 4.79 Å². The van der Waals surface area contributed by atoms with Crippen molar-refractivity contribution in [2.24, 2.45) is 0 Å². The lowest BCUT2D eigenvalue weighted by atomic mass is 10.1. The van der Waals surface area contributed by atoms with Crippen LogP contribution in [0.3, 0.4) is 0 Å². The molecule has 7 heteroatoms. The summed E-state index contributed by atoms with van der Waals surface area (Å²) in [5, 5.41) is 10.1. The second-order valence-corrected chi connectivity index (χ2v) is 7.00. The van der Waals surface area contributed by atoms with Crippen LogP contribution in [0.5, 0.6) is 11.5 Å². The van der Waals surface area contributed by atoms with Gasteiger partial charge in [-0.1, -0.05) is 0 Å². The number of likely N-dealkylation sites (tertiary alicyclic amines) is 1. The highest BCUT2D eigenvalue weighted by Crippen LogP contribution is 2.30. The van der Waals surface area contributed by atoms with Gasteiger partial charge >= 0.3 is 6.03 Å². The molecule has 1 fully saturated rings. The van der Waals surface area contributed by atoms with Crippen LogP contribution in [0.2, 0.25) is 0 Å². The van der Waals surface area contributed by atoms with E-state index in [0.29, 0.717) is 23.7 Å². The minimum absolute atomic E-state index is 0.222. The second-order valence-electron chi connectivity index (χ2n) is 6.22. The van der Waals surface area contributed by atoms with Gasteiger partial charge in [0.25, 0.3) is 0 Å². The van der Waals surface area contributed by atoms with E-state index in [1.807, 2.05) is 0 Å². The third-order valence-electron chi connectivity index (χ3n) is 4.61.